The highest BCUT2D eigenvalue weighted by Gasteiger charge is 2.40. The first-order valence-corrected chi connectivity index (χ1v) is 10.6. The zero-order chi connectivity index (χ0) is 21.8. The van der Waals surface area contributed by atoms with Crippen molar-refractivity contribution < 1.29 is 18.7 Å². The molecule has 0 radical (unpaired) electrons. The Bertz CT molecular complexity index is 1070. The molecule has 2 aromatic rings. The predicted molar refractivity (Wildman–Crippen MR) is 118 cm³/mol. The van der Waals surface area contributed by atoms with Gasteiger partial charge in [-0.05, 0) is 62.2 Å². The summed E-state index contributed by atoms with van der Waals surface area (Å²) < 4.78 is 25.7. The first-order valence-electron chi connectivity index (χ1n) is 10.6. The number of halogens is 1. The lowest BCUT2D eigenvalue weighted by Crippen LogP contribution is -2.51. The van der Waals surface area contributed by atoms with Gasteiger partial charge in [0.05, 0.1) is 12.7 Å². The van der Waals surface area contributed by atoms with E-state index in [1.807, 2.05) is 18.2 Å². The lowest BCUT2D eigenvalue weighted by molar-refractivity contribution is -0.0159. The Balaban J connectivity index is 1.54. The number of methoxy groups -OCH3 is 1. The third-order valence-electron chi connectivity index (χ3n) is 5.99. The fourth-order valence-electron chi connectivity index (χ4n) is 4.51. The average Bonchev–Trinajstić information content (AvgIpc) is 2.90. The van der Waals surface area contributed by atoms with E-state index in [1.165, 1.54) is 12.1 Å². The molecule has 1 spiro atoms. The van der Waals surface area contributed by atoms with Gasteiger partial charge in [0.2, 0.25) is 0 Å². The standard InChI is InChI=1S/C26H26FNO3/c1-3-4-6-19-7-8-20(25(15-19)30-2)17-28-14-5-12-26(18-28)13-11-23(29)22-16-21(27)9-10-24(22)31-26/h3,7-10,15-16H,1,5,11-14,17-18H2,2H3/t26-/m1/s1. The first kappa shape index (κ1) is 21.1. The molecule has 2 aromatic carbocycles. The van der Waals surface area contributed by atoms with Crippen molar-refractivity contribution >= 4 is 5.78 Å². The molecule has 1 atom stereocenters. The van der Waals surface area contributed by atoms with Crippen LogP contribution < -0.4 is 9.47 Å². The number of likely N-dealkylation sites (tertiary alicyclic amines) is 1. The van der Waals surface area contributed by atoms with Crippen LogP contribution in [-0.4, -0.2) is 36.5 Å². The van der Waals surface area contributed by atoms with Gasteiger partial charge < -0.3 is 9.47 Å². The molecule has 2 aliphatic rings. The minimum atomic E-state index is -0.445. The summed E-state index contributed by atoms with van der Waals surface area (Å²) in [6.07, 6.45) is 4.41. The fourth-order valence-corrected chi connectivity index (χ4v) is 4.51. The Kier molecular flexibility index (Phi) is 6.11. The molecule has 0 saturated carbocycles. The lowest BCUT2D eigenvalue weighted by Gasteiger charge is -2.42. The molecular weight excluding hydrogens is 393 g/mol. The maximum atomic E-state index is 13.7. The van der Waals surface area contributed by atoms with E-state index in [0.29, 0.717) is 37.2 Å². The second kappa shape index (κ2) is 8.95. The SMILES string of the molecule is C=CC#Cc1ccc(CN2CCC[C@@]3(CCC(=O)c4cc(F)ccc4O3)C2)c(OC)c1. The normalized spacial score (nSPS) is 20.8. The van der Waals surface area contributed by atoms with Crippen LogP contribution in [0.3, 0.4) is 0 Å². The molecule has 2 aliphatic heterocycles. The van der Waals surface area contributed by atoms with Gasteiger partial charge in [0.1, 0.15) is 22.9 Å². The summed E-state index contributed by atoms with van der Waals surface area (Å²) in [6, 6.07) is 10.2. The number of fused-ring (bicyclic) bond motifs is 1. The van der Waals surface area contributed by atoms with Crippen molar-refractivity contribution in [3.8, 4) is 23.3 Å². The predicted octanol–water partition coefficient (Wildman–Crippen LogP) is 4.76. The number of nitrogens with zero attached hydrogens (tertiary/aromatic N) is 1. The summed E-state index contributed by atoms with van der Waals surface area (Å²) in [5.41, 5.74) is 1.87. The monoisotopic (exact) mass is 419 g/mol. The highest BCUT2D eigenvalue weighted by atomic mass is 19.1. The molecule has 0 aromatic heterocycles. The molecule has 0 aliphatic carbocycles. The number of ether oxygens (including phenoxy) is 2. The number of rotatable bonds is 3. The van der Waals surface area contributed by atoms with Crippen LogP contribution in [0.15, 0.2) is 49.1 Å². The van der Waals surface area contributed by atoms with Crippen molar-refractivity contribution in [3.05, 3.63) is 71.6 Å². The number of Topliss-reactive ketones (excluding diaryl/α,β-unsaturated/α-hetero) is 1. The second-order valence-electron chi connectivity index (χ2n) is 8.16. The molecule has 5 heteroatoms. The largest absolute Gasteiger partial charge is 0.496 e. The van der Waals surface area contributed by atoms with Gasteiger partial charge in [-0.1, -0.05) is 24.5 Å². The number of piperidine rings is 1. The third-order valence-corrected chi connectivity index (χ3v) is 5.99. The first-order chi connectivity index (χ1) is 15.0. The number of ketones is 1. The Morgan fingerprint density at radius 3 is 2.97 bits per heavy atom. The minimum Gasteiger partial charge on any atom is -0.496 e. The number of carbonyl (C=O) groups excluding carboxylic acids is 1. The van der Waals surface area contributed by atoms with Gasteiger partial charge in [0.25, 0.3) is 0 Å². The molecule has 160 valence electrons. The maximum Gasteiger partial charge on any atom is 0.166 e. The highest BCUT2D eigenvalue weighted by molar-refractivity contribution is 5.99. The molecule has 0 bridgehead atoms. The van der Waals surface area contributed by atoms with Crippen LogP contribution in [0.5, 0.6) is 11.5 Å². The number of hydrogen-bond donors (Lipinski definition) is 0. The number of benzene rings is 2. The van der Waals surface area contributed by atoms with Crippen molar-refractivity contribution in [2.45, 2.75) is 37.8 Å². The van der Waals surface area contributed by atoms with Crippen LogP contribution >= 0.6 is 0 Å². The highest BCUT2D eigenvalue weighted by Crippen LogP contribution is 2.38. The van der Waals surface area contributed by atoms with Crippen LogP contribution in [0.1, 0.15) is 47.2 Å². The van der Waals surface area contributed by atoms with Gasteiger partial charge in [0, 0.05) is 30.6 Å². The Hall–Kier alpha value is -3.10. The van der Waals surface area contributed by atoms with Crippen molar-refractivity contribution in [3.63, 3.8) is 0 Å². The molecule has 4 rings (SSSR count). The zero-order valence-corrected chi connectivity index (χ0v) is 17.7. The fraction of sp³-hybridized carbons (Fsp3) is 0.346. The molecule has 31 heavy (non-hydrogen) atoms. The van der Waals surface area contributed by atoms with Crippen LogP contribution in [0.2, 0.25) is 0 Å². The van der Waals surface area contributed by atoms with E-state index < -0.39 is 11.4 Å². The van der Waals surface area contributed by atoms with Crippen molar-refractivity contribution in [2.24, 2.45) is 0 Å². The minimum absolute atomic E-state index is 0.0543. The summed E-state index contributed by atoms with van der Waals surface area (Å²) in [4.78, 5) is 14.9. The smallest absolute Gasteiger partial charge is 0.166 e. The van der Waals surface area contributed by atoms with E-state index in [-0.39, 0.29) is 5.78 Å². The molecule has 2 heterocycles. The van der Waals surface area contributed by atoms with Crippen molar-refractivity contribution in [2.75, 3.05) is 20.2 Å². The van der Waals surface area contributed by atoms with Gasteiger partial charge in [-0.25, -0.2) is 4.39 Å². The van der Waals surface area contributed by atoms with Crippen molar-refractivity contribution in [1.82, 2.24) is 4.90 Å². The number of carbonyl (C=O) groups is 1. The van der Waals surface area contributed by atoms with Crippen LogP contribution in [0, 0.1) is 17.7 Å². The van der Waals surface area contributed by atoms with Gasteiger partial charge in [-0.2, -0.15) is 0 Å². The average molecular weight is 419 g/mol. The van der Waals surface area contributed by atoms with E-state index in [1.54, 1.807) is 19.3 Å². The van der Waals surface area contributed by atoms with Crippen LogP contribution in [0.4, 0.5) is 4.39 Å². The summed E-state index contributed by atoms with van der Waals surface area (Å²) in [6.45, 7) is 5.99. The molecule has 0 unspecified atom stereocenters. The molecule has 1 saturated heterocycles. The second-order valence-corrected chi connectivity index (χ2v) is 8.16. The quantitative estimate of drug-likeness (QED) is 0.673. The number of hydrogen-bond acceptors (Lipinski definition) is 4. The van der Waals surface area contributed by atoms with E-state index >= 15 is 0 Å². The molecule has 4 nitrogen and oxygen atoms in total. The van der Waals surface area contributed by atoms with E-state index in [0.717, 1.165) is 36.3 Å². The summed E-state index contributed by atoms with van der Waals surface area (Å²) >= 11 is 0. The molecular formula is C26H26FNO3. The lowest BCUT2D eigenvalue weighted by atomic mass is 9.87. The van der Waals surface area contributed by atoms with E-state index in [2.05, 4.69) is 23.3 Å². The van der Waals surface area contributed by atoms with Gasteiger partial charge in [-0.3, -0.25) is 9.69 Å². The summed E-state index contributed by atoms with van der Waals surface area (Å²) in [5.74, 6) is 6.71. The summed E-state index contributed by atoms with van der Waals surface area (Å²) in [7, 11) is 1.66. The Labute approximate surface area is 182 Å². The van der Waals surface area contributed by atoms with Crippen LogP contribution in [-0.2, 0) is 6.54 Å². The van der Waals surface area contributed by atoms with Crippen LogP contribution in [0.25, 0.3) is 0 Å². The summed E-state index contributed by atoms with van der Waals surface area (Å²) in [5, 5.41) is 0. The maximum absolute atomic E-state index is 13.7. The molecule has 0 N–H and O–H groups in total. The zero-order valence-electron chi connectivity index (χ0n) is 17.7. The van der Waals surface area contributed by atoms with Gasteiger partial charge >= 0.3 is 0 Å². The van der Waals surface area contributed by atoms with E-state index in [4.69, 9.17) is 9.47 Å². The topological polar surface area (TPSA) is 38.8 Å². The van der Waals surface area contributed by atoms with Crippen molar-refractivity contribution in [1.29, 1.82) is 0 Å². The van der Waals surface area contributed by atoms with E-state index in [9.17, 15) is 9.18 Å². The third kappa shape index (κ3) is 4.65. The van der Waals surface area contributed by atoms with Gasteiger partial charge in [0.15, 0.2) is 5.78 Å². The molecule has 0 amide bonds. The Morgan fingerprint density at radius 1 is 1.29 bits per heavy atom. The molecule has 1 fully saturated rings. The number of allylic oxidation sites excluding steroid dienone is 1. The van der Waals surface area contributed by atoms with Gasteiger partial charge in [-0.15, -0.1) is 0 Å². The Morgan fingerprint density at radius 2 is 2.16 bits per heavy atom.